The van der Waals surface area contributed by atoms with Crippen molar-refractivity contribution in [1.82, 2.24) is 0 Å². The van der Waals surface area contributed by atoms with Gasteiger partial charge in [0.05, 0.1) is 13.7 Å². The number of methoxy groups -OCH3 is 1. The molecule has 0 amide bonds. The molecule has 0 aliphatic heterocycles. The van der Waals surface area contributed by atoms with Crippen LogP contribution in [0.4, 0.5) is 13.2 Å². The molecule has 1 aromatic carbocycles. The monoisotopic (exact) mass is 264 g/mol. The topological polar surface area (TPSA) is 44.8 Å². The van der Waals surface area contributed by atoms with Crippen molar-refractivity contribution < 1.29 is 32.2 Å². The Morgan fingerprint density at radius 2 is 2.00 bits per heavy atom. The summed E-state index contributed by atoms with van der Waals surface area (Å²) in [4.78, 5) is 11.5. The minimum absolute atomic E-state index is 0.0360. The highest BCUT2D eigenvalue weighted by Crippen LogP contribution is 2.29. The maximum absolute atomic E-state index is 12.0. The number of esters is 1. The first kappa shape index (κ1) is 14.1. The third-order valence-corrected chi connectivity index (χ3v) is 1.90. The Morgan fingerprint density at radius 3 is 2.50 bits per heavy atom. The van der Waals surface area contributed by atoms with Gasteiger partial charge in [0.2, 0.25) is 0 Å². The molecule has 0 aliphatic carbocycles. The molecule has 0 atom stereocenters. The maximum Gasteiger partial charge on any atom is 0.573 e. The van der Waals surface area contributed by atoms with Crippen LogP contribution in [-0.4, -0.2) is 26.0 Å². The Labute approximate surface area is 101 Å². The van der Waals surface area contributed by atoms with Crippen molar-refractivity contribution in [3.63, 3.8) is 0 Å². The summed E-state index contributed by atoms with van der Waals surface area (Å²) in [5, 5.41) is 0. The molecule has 100 valence electrons. The Morgan fingerprint density at radius 1 is 1.33 bits per heavy atom. The summed E-state index contributed by atoms with van der Waals surface area (Å²) < 4.78 is 49.3. The zero-order valence-corrected chi connectivity index (χ0v) is 9.71. The maximum atomic E-state index is 12.0. The SMILES string of the molecule is CCOC(=O)c1ccc(OC(F)(F)F)cc1OC. The minimum atomic E-state index is -4.80. The van der Waals surface area contributed by atoms with E-state index in [9.17, 15) is 18.0 Å². The molecule has 0 saturated carbocycles. The predicted molar refractivity (Wildman–Crippen MR) is 55.6 cm³/mol. The van der Waals surface area contributed by atoms with Crippen LogP contribution in [-0.2, 0) is 4.74 Å². The molecule has 4 nitrogen and oxygen atoms in total. The van der Waals surface area contributed by atoms with Crippen molar-refractivity contribution in [1.29, 1.82) is 0 Å². The summed E-state index contributed by atoms with van der Waals surface area (Å²) in [5.74, 6) is -1.18. The van der Waals surface area contributed by atoms with Gasteiger partial charge in [-0.25, -0.2) is 4.79 Å². The van der Waals surface area contributed by atoms with E-state index in [1.165, 1.54) is 7.11 Å². The van der Waals surface area contributed by atoms with Crippen molar-refractivity contribution in [2.24, 2.45) is 0 Å². The van der Waals surface area contributed by atoms with Gasteiger partial charge in [0.15, 0.2) is 0 Å². The molecule has 0 saturated heterocycles. The van der Waals surface area contributed by atoms with E-state index < -0.39 is 18.1 Å². The molecule has 0 heterocycles. The lowest BCUT2D eigenvalue weighted by atomic mass is 10.2. The Bertz CT molecular complexity index is 429. The molecule has 1 aromatic rings. The second-order valence-electron chi connectivity index (χ2n) is 3.13. The number of rotatable bonds is 4. The van der Waals surface area contributed by atoms with E-state index in [4.69, 9.17) is 9.47 Å². The number of hydrogen-bond acceptors (Lipinski definition) is 4. The van der Waals surface area contributed by atoms with Crippen LogP contribution >= 0.6 is 0 Å². The lowest BCUT2D eigenvalue weighted by Gasteiger charge is -2.12. The minimum Gasteiger partial charge on any atom is -0.496 e. The Balaban J connectivity index is 3.00. The molecule has 18 heavy (non-hydrogen) atoms. The largest absolute Gasteiger partial charge is 0.573 e. The fourth-order valence-corrected chi connectivity index (χ4v) is 1.25. The highest BCUT2D eigenvalue weighted by Gasteiger charge is 2.31. The zero-order valence-electron chi connectivity index (χ0n) is 9.71. The third kappa shape index (κ3) is 3.83. The number of benzene rings is 1. The van der Waals surface area contributed by atoms with Crippen LogP contribution in [0, 0.1) is 0 Å². The lowest BCUT2D eigenvalue weighted by molar-refractivity contribution is -0.274. The van der Waals surface area contributed by atoms with Crippen LogP contribution in [0.1, 0.15) is 17.3 Å². The van der Waals surface area contributed by atoms with E-state index in [2.05, 4.69) is 4.74 Å². The van der Waals surface area contributed by atoms with Gasteiger partial charge < -0.3 is 14.2 Å². The number of carbonyl (C=O) groups is 1. The van der Waals surface area contributed by atoms with Crippen LogP contribution in [0.15, 0.2) is 18.2 Å². The van der Waals surface area contributed by atoms with Crippen LogP contribution in [0.3, 0.4) is 0 Å². The average Bonchev–Trinajstić information content (AvgIpc) is 2.27. The Kier molecular flexibility index (Phi) is 4.41. The van der Waals surface area contributed by atoms with E-state index in [0.29, 0.717) is 0 Å². The van der Waals surface area contributed by atoms with Crippen LogP contribution in [0.25, 0.3) is 0 Å². The number of hydrogen-bond donors (Lipinski definition) is 0. The van der Waals surface area contributed by atoms with Gasteiger partial charge in [-0.2, -0.15) is 0 Å². The summed E-state index contributed by atoms with van der Waals surface area (Å²) in [6.45, 7) is 1.77. The number of ether oxygens (including phenoxy) is 3. The highest BCUT2D eigenvalue weighted by atomic mass is 19.4. The first-order valence-corrected chi connectivity index (χ1v) is 4.98. The molecule has 0 unspecified atom stereocenters. The van der Waals surface area contributed by atoms with Gasteiger partial charge in [-0.1, -0.05) is 0 Å². The summed E-state index contributed by atoms with van der Waals surface area (Å²) >= 11 is 0. The van der Waals surface area contributed by atoms with E-state index in [1.807, 2.05) is 0 Å². The third-order valence-electron chi connectivity index (χ3n) is 1.90. The second-order valence-corrected chi connectivity index (χ2v) is 3.13. The Hall–Kier alpha value is -1.92. The summed E-state index contributed by atoms with van der Waals surface area (Å²) in [5.41, 5.74) is 0.0360. The van der Waals surface area contributed by atoms with Crippen molar-refractivity contribution in [3.05, 3.63) is 23.8 Å². The first-order valence-electron chi connectivity index (χ1n) is 4.98. The molecule has 0 aromatic heterocycles. The molecule has 0 N–H and O–H groups in total. The number of carbonyl (C=O) groups excluding carboxylic acids is 1. The highest BCUT2D eigenvalue weighted by molar-refractivity contribution is 5.92. The van der Waals surface area contributed by atoms with Crippen LogP contribution in [0.2, 0.25) is 0 Å². The first-order chi connectivity index (χ1) is 8.37. The van der Waals surface area contributed by atoms with Gasteiger partial charge >= 0.3 is 12.3 Å². The van der Waals surface area contributed by atoms with Crippen LogP contribution in [0.5, 0.6) is 11.5 Å². The standard InChI is InChI=1S/C11H11F3O4/c1-3-17-10(15)8-5-4-7(6-9(8)16-2)18-11(12,13)14/h4-6H,3H2,1-2H3. The van der Waals surface area contributed by atoms with Gasteiger partial charge in [-0.15, -0.1) is 13.2 Å². The summed E-state index contributed by atoms with van der Waals surface area (Å²) in [7, 11) is 1.23. The number of halogens is 3. The van der Waals surface area contributed by atoms with E-state index in [1.54, 1.807) is 6.92 Å². The fourth-order valence-electron chi connectivity index (χ4n) is 1.25. The average molecular weight is 264 g/mol. The van der Waals surface area contributed by atoms with Crippen molar-refractivity contribution >= 4 is 5.97 Å². The molecule has 0 spiro atoms. The van der Waals surface area contributed by atoms with E-state index in [-0.39, 0.29) is 17.9 Å². The molecule has 0 radical (unpaired) electrons. The summed E-state index contributed by atoms with van der Waals surface area (Å²) in [6.07, 6.45) is -4.80. The van der Waals surface area contributed by atoms with Crippen molar-refractivity contribution in [3.8, 4) is 11.5 Å². The van der Waals surface area contributed by atoms with Gasteiger partial charge in [-0.05, 0) is 19.1 Å². The van der Waals surface area contributed by atoms with Gasteiger partial charge in [0.1, 0.15) is 17.1 Å². The molecule has 0 fully saturated rings. The summed E-state index contributed by atoms with van der Waals surface area (Å²) in [6, 6.07) is 3.14. The molecule has 0 aliphatic rings. The lowest BCUT2D eigenvalue weighted by Crippen LogP contribution is -2.17. The van der Waals surface area contributed by atoms with Crippen molar-refractivity contribution in [2.45, 2.75) is 13.3 Å². The molecular formula is C11H11F3O4. The molecule has 0 bridgehead atoms. The van der Waals surface area contributed by atoms with Gasteiger partial charge in [-0.3, -0.25) is 0 Å². The van der Waals surface area contributed by atoms with Gasteiger partial charge in [0, 0.05) is 6.07 Å². The molecule has 7 heteroatoms. The van der Waals surface area contributed by atoms with Crippen LogP contribution < -0.4 is 9.47 Å². The quantitative estimate of drug-likeness (QED) is 0.784. The van der Waals surface area contributed by atoms with E-state index >= 15 is 0 Å². The predicted octanol–water partition coefficient (Wildman–Crippen LogP) is 2.77. The zero-order chi connectivity index (χ0) is 13.8. The number of alkyl halides is 3. The van der Waals surface area contributed by atoms with Crippen molar-refractivity contribution in [2.75, 3.05) is 13.7 Å². The second kappa shape index (κ2) is 5.61. The van der Waals surface area contributed by atoms with Gasteiger partial charge in [0.25, 0.3) is 0 Å². The normalized spacial score (nSPS) is 10.9. The van der Waals surface area contributed by atoms with E-state index in [0.717, 1.165) is 18.2 Å². The molecular weight excluding hydrogens is 253 g/mol. The fraction of sp³-hybridized carbons (Fsp3) is 0.364. The smallest absolute Gasteiger partial charge is 0.496 e. The molecule has 1 rings (SSSR count).